The molecule has 1 saturated carbocycles. The van der Waals surface area contributed by atoms with E-state index in [2.05, 4.69) is 24.2 Å². The average molecular weight is 424 g/mol. The highest BCUT2D eigenvalue weighted by molar-refractivity contribution is 5.81. The van der Waals surface area contributed by atoms with Crippen LogP contribution in [-0.4, -0.2) is 53.3 Å². The van der Waals surface area contributed by atoms with Gasteiger partial charge in [-0.2, -0.15) is 0 Å². The molecule has 1 aromatic heterocycles. The minimum atomic E-state index is -1.55. The lowest BCUT2D eigenvalue weighted by atomic mass is 9.80. The Balaban J connectivity index is 1.44. The number of piperidine rings is 1. The molecule has 1 aliphatic heterocycles. The van der Waals surface area contributed by atoms with Crippen molar-refractivity contribution < 1.29 is 19.1 Å². The van der Waals surface area contributed by atoms with Gasteiger partial charge in [0.05, 0.1) is 20.1 Å². The van der Waals surface area contributed by atoms with Crippen LogP contribution in [0.25, 0.3) is 0 Å². The van der Waals surface area contributed by atoms with Crippen LogP contribution in [0, 0.1) is 5.92 Å². The van der Waals surface area contributed by atoms with Gasteiger partial charge in [0, 0.05) is 31.2 Å². The molecule has 0 spiro atoms. The van der Waals surface area contributed by atoms with Gasteiger partial charge < -0.3 is 14.3 Å². The van der Waals surface area contributed by atoms with Crippen LogP contribution in [0.4, 0.5) is 0 Å². The molecule has 1 N–H and O–H groups in total. The number of aliphatic hydroxyl groups is 1. The van der Waals surface area contributed by atoms with E-state index >= 15 is 0 Å². The van der Waals surface area contributed by atoms with Crippen molar-refractivity contribution in [3.05, 3.63) is 66.0 Å². The summed E-state index contributed by atoms with van der Waals surface area (Å²) in [7, 11) is 2.25. The van der Waals surface area contributed by atoms with Crippen LogP contribution in [0.1, 0.15) is 49.7 Å². The van der Waals surface area contributed by atoms with Gasteiger partial charge in [-0.15, -0.1) is 0 Å². The molecule has 3 atom stereocenters. The number of hydrogen-bond acceptors (Lipinski definition) is 4. The summed E-state index contributed by atoms with van der Waals surface area (Å²) in [6.45, 7) is 2.89. The molecule has 166 valence electrons. The van der Waals surface area contributed by atoms with Crippen molar-refractivity contribution >= 4 is 5.97 Å². The van der Waals surface area contributed by atoms with Crippen molar-refractivity contribution in [2.24, 2.45) is 5.92 Å². The Labute approximate surface area is 185 Å². The van der Waals surface area contributed by atoms with Gasteiger partial charge >= 0.3 is 5.97 Å². The van der Waals surface area contributed by atoms with E-state index in [0.717, 1.165) is 69.1 Å². The Morgan fingerprint density at radius 2 is 1.81 bits per heavy atom. The standard InChI is InChI=1S/C26H35N2O3/c1-28(19-15-21-13-16-27-17-14-21)18-7-12-24(20-28)31-25(29)26(30,23-10-5-6-11-23)22-8-3-2-4-9-22/h2-4,8-9,13-14,16-17,23-24,30H,5-7,10-12,15,18-20H2,1H3/q+1/t24?,26?,28-/m1/s1. The van der Waals surface area contributed by atoms with Gasteiger partial charge in [0.2, 0.25) is 0 Å². The van der Waals surface area contributed by atoms with Crippen LogP contribution in [-0.2, 0) is 21.6 Å². The van der Waals surface area contributed by atoms with Gasteiger partial charge in [-0.05, 0) is 42.5 Å². The average Bonchev–Trinajstić information content (AvgIpc) is 3.34. The second-order valence-electron chi connectivity index (χ2n) is 9.64. The summed E-state index contributed by atoms with van der Waals surface area (Å²) in [6, 6.07) is 13.5. The first kappa shape index (κ1) is 22.0. The van der Waals surface area contributed by atoms with Gasteiger partial charge in [0.25, 0.3) is 0 Å². The zero-order valence-corrected chi connectivity index (χ0v) is 18.6. The maximum Gasteiger partial charge on any atom is 0.343 e. The minimum absolute atomic E-state index is 0.0708. The SMILES string of the molecule is C[N@+]1(CCc2ccncc2)CCCC(OC(=O)C(O)(c2ccccc2)C2CCCC2)C1. The molecule has 0 amide bonds. The number of benzene rings is 1. The fraction of sp³-hybridized carbons (Fsp3) is 0.538. The second kappa shape index (κ2) is 9.49. The lowest BCUT2D eigenvalue weighted by molar-refractivity contribution is -0.916. The van der Waals surface area contributed by atoms with Crippen molar-refractivity contribution in [1.82, 2.24) is 4.98 Å². The number of pyridine rings is 1. The number of nitrogens with zero attached hydrogens (tertiary/aromatic N) is 2. The Kier molecular flexibility index (Phi) is 6.73. The van der Waals surface area contributed by atoms with Crippen molar-refractivity contribution in [3.8, 4) is 0 Å². The summed E-state index contributed by atoms with van der Waals surface area (Å²) in [6.07, 6.45) is 10.2. The zero-order valence-electron chi connectivity index (χ0n) is 18.6. The number of esters is 1. The van der Waals surface area contributed by atoms with Crippen LogP contribution in [0.15, 0.2) is 54.9 Å². The number of quaternary nitrogens is 1. The molecule has 5 heteroatoms. The molecule has 0 bridgehead atoms. The highest BCUT2D eigenvalue weighted by atomic mass is 16.6. The summed E-state index contributed by atoms with van der Waals surface area (Å²) in [4.78, 5) is 17.5. The topological polar surface area (TPSA) is 59.4 Å². The van der Waals surface area contributed by atoms with Crippen LogP contribution >= 0.6 is 0 Å². The van der Waals surface area contributed by atoms with Crippen LogP contribution in [0.5, 0.6) is 0 Å². The van der Waals surface area contributed by atoms with E-state index in [1.807, 2.05) is 42.7 Å². The number of hydrogen-bond donors (Lipinski definition) is 1. The molecule has 31 heavy (non-hydrogen) atoms. The molecule has 5 nitrogen and oxygen atoms in total. The molecular weight excluding hydrogens is 388 g/mol. The van der Waals surface area contributed by atoms with Crippen LogP contribution in [0.2, 0.25) is 0 Å². The molecule has 2 unspecified atom stereocenters. The maximum absolute atomic E-state index is 13.4. The fourth-order valence-corrected chi connectivity index (χ4v) is 5.42. The number of aromatic nitrogens is 1. The van der Waals surface area contributed by atoms with Crippen LogP contribution in [0.3, 0.4) is 0 Å². The highest BCUT2D eigenvalue weighted by Gasteiger charge is 2.49. The number of likely N-dealkylation sites (N-methyl/N-ethyl adjacent to an activating group) is 1. The first-order valence-electron chi connectivity index (χ1n) is 11.7. The van der Waals surface area contributed by atoms with Crippen LogP contribution < -0.4 is 0 Å². The molecule has 1 aliphatic carbocycles. The highest BCUT2D eigenvalue weighted by Crippen LogP contribution is 2.42. The monoisotopic (exact) mass is 423 g/mol. The largest absolute Gasteiger partial charge is 0.454 e. The van der Waals surface area contributed by atoms with Crippen molar-refractivity contribution in [2.45, 2.75) is 56.7 Å². The molecule has 4 rings (SSSR count). The van der Waals surface area contributed by atoms with Gasteiger partial charge in [0.15, 0.2) is 11.7 Å². The Hall–Kier alpha value is -2.24. The Morgan fingerprint density at radius 3 is 2.52 bits per heavy atom. The van der Waals surface area contributed by atoms with E-state index in [1.54, 1.807) is 0 Å². The lowest BCUT2D eigenvalue weighted by Crippen LogP contribution is -2.56. The third kappa shape index (κ3) is 4.99. The van der Waals surface area contributed by atoms with Crippen molar-refractivity contribution in [2.75, 3.05) is 26.7 Å². The maximum atomic E-state index is 13.4. The molecule has 1 aromatic carbocycles. The zero-order chi connectivity index (χ0) is 21.7. The first-order valence-corrected chi connectivity index (χ1v) is 11.7. The molecule has 2 aromatic rings. The number of likely N-dealkylation sites (tertiary alicyclic amines) is 1. The first-order chi connectivity index (χ1) is 15.0. The Bertz CT molecular complexity index is 853. The summed E-state index contributed by atoms with van der Waals surface area (Å²) in [5, 5.41) is 11.7. The van der Waals surface area contributed by atoms with Gasteiger partial charge in [-0.3, -0.25) is 4.98 Å². The molecule has 1 saturated heterocycles. The quantitative estimate of drug-likeness (QED) is 0.543. The van der Waals surface area contributed by atoms with Gasteiger partial charge in [0.1, 0.15) is 6.54 Å². The van der Waals surface area contributed by atoms with E-state index in [-0.39, 0.29) is 12.0 Å². The summed E-state index contributed by atoms with van der Waals surface area (Å²) >= 11 is 0. The third-order valence-electron chi connectivity index (χ3n) is 7.30. The molecule has 2 fully saturated rings. The van der Waals surface area contributed by atoms with Gasteiger partial charge in [-0.25, -0.2) is 4.79 Å². The van der Waals surface area contributed by atoms with Gasteiger partial charge in [-0.1, -0.05) is 43.2 Å². The lowest BCUT2D eigenvalue weighted by Gasteiger charge is -2.42. The Morgan fingerprint density at radius 1 is 1.10 bits per heavy atom. The second-order valence-corrected chi connectivity index (χ2v) is 9.64. The molecule has 2 heterocycles. The van der Waals surface area contributed by atoms with E-state index in [9.17, 15) is 9.90 Å². The van der Waals surface area contributed by atoms with E-state index in [0.29, 0.717) is 5.56 Å². The predicted molar refractivity (Wildman–Crippen MR) is 120 cm³/mol. The summed E-state index contributed by atoms with van der Waals surface area (Å²) in [5.41, 5.74) is 0.404. The predicted octanol–water partition coefficient (Wildman–Crippen LogP) is 3.85. The summed E-state index contributed by atoms with van der Waals surface area (Å²) in [5.74, 6) is -0.531. The number of carbonyl (C=O) groups is 1. The fourth-order valence-electron chi connectivity index (χ4n) is 5.42. The molecule has 2 aliphatic rings. The summed E-state index contributed by atoms with van der Waals surface area (Å²) < 4.78 is 6.94. The minimum Gasteiger partial charge on any atom is -0.454 e. The molecule has 0 radical (unpaired) electrons. The number of rotatable bonds is 7. The van der Waals surface area contributed by atoms with E-state index in [1.165, 1.54) is 5.56 Å². The van der Waals surface area contributed by atoms with E-state index < -0.39 is 11.6 Å². The smallest absolute Gasteiger partial charge is 0.343 e. The number of carbonyl (C=O) groups excluding carboxylic acids is 1. The third-order valence-corrected chi connectivity index (χ3v) is 7.30. The normalized spacial score (nSPS) is 26.3. The number of ether oxygens (including phenoxy) is 1. The van der Waals surface area contributed by atoms with Crippen molar-refractivity contribution in [3.63, 3.8) is 0 Å². The van der Waals surface area contributed by atoms with E-state index in [4.69, 9.17) is 4.74 Å². The van der Waals surface area contributed by atoms with Crippen molar-refractivity contribution in [1.29, 1.82) is 0 Å². The molecular formula is C26H35N2O3+.